The maximum Gasteiger partial charge on any atom is 0.0589 e. The predicted octanol–water partition coefficient (Wildman–Crippen LogP) is 1.12. The van der Waals surface area contributed by atoms with Crippen molar-refractivity contribution in [3.05, 3.63) is 0 Å². The monoisotopic (exact) mass is 213 g/mol. The smallest absolute Gasteiger partial charge is 0.0589 e. The normalized spacial score (nSPS) is 34.8. The molecular weight excluding hydrogens is 190 g/mol. The Bertz CT molecular complexity index is 192. The summed E-state index contributed by atoms with van der Waals surface area (Å²) in [6.45, 7) is 6.77. The van der Waals surface area contributed by atoms with Gasteiger partial charge in [0.1, 0.15) is 0 Å². The Morgan fingerprint density at radius 1 is 1.27 bits per heavy atom. The zero-order valence-electron chi connectivity index (χ0n) is 9.69. The molecule has 0 amide bonds. The van der Waals surface area contributed by atoms with E-state index in [1.54, 1.807) is 0 Å². The zero-order valence-corrected chi connectivity index (χ0v) is 9.69. The molecule has 0 spiro atoms. The number of aliphatic hydroxyl groups excluding tert-OH is 1. The molecule has 0 aromatic carbocycles. The summed E-state index contributed by atoms with van der Waals surface area (Å²) in [5.41, 5.74) is 0. The zero-order chi connectivity index (χ0) is 10.7. The van der Waals surface area contributed by atoms with Crippen molar-refractivity contribution in [3.8, 4) is 0 Å². The summed E-state index contributed by atoms with van der Waals surface area (Å²) in [6.07, 6.45) is 3.64. The van der Waals surface area contributed by atoms with Crippen LogP contribution in [0.15, 0.2) is 0 Å². The number of nitrogens with zero attached hydrogens (tertiary/aromatic N) is 1. The largest absolute Gasteiger partial charge is 0.395 e. The SMILES string of the molecule is CC1CCN(CC2CCOCC2)C1CO. The molecule has 1 N–H and O–H groups in total. The molecule has 0 bridgehead atoms. The van der Waals surface area contributed by atoms with E-state index in [-0.39, 0.29) is 0 Å². The molecule has 3 heteroatoms. The van der Waals surface area contributed by atoms with Gasteiger partial charge >= 0.3 is 0 Å². The predicted molar refractivity (Wildman–Crippen MR) is 59.8 cm³/mol. The van der Waals surface area contributed by atoms with Gasteiger partial charge in [-0.3, -0.25) is 4.90 Å². The minimum Gasteiger partial charge on any atom is -0.395 e. The lowest BCUT2D eigenvalue weighted by atomic mass is 9.98. The Balaban J connectivity index is 1.82. The minimum absolute atomic E-state index is 0.324. The molecule has 0 aliphatic carbocycles. The van der Waals surface area contributed by atoms with Crippen molar-refractivity contribution < 1.29 is 9.84 Å². The molecule has 15 heavy (non-hydrogen) atoms. The van der Waals surface area contributed by atoms with E-state index < -0.39 is 0 Å². The van der Waals surface area contributed by atoms with Crippen LogP contribution in [0.1, 0.15) is 26.2 Å². The molecule has 3 nitrogen and oxygen atoms in total. The third-order valence-corrected chi connectivity index (χ3v) is 4.02. The van der Waals surface area contributed by atoms with E-state index in [2.05, 4.69) is 11.8 Å². The summed E-state index contributed by atoms with van der Waals surface area (Å²) in [5.74, 6) is 1.45. The second-order valence-electron chi connectivity index (χ2n) is 5.07. The molecule has 88 valence electrons. The second-order valence-corrected chi connectivity index (χ2v) is 5.07. The number of ether oxygens (including phenoxy) is 1. The van der Waals surface area contributed by atoms with Crippen molar-refractivity contribution in [3.63, 3.8) is 0 Å². The number of aliphatic hydroxyl groups is 1. The van der Waals surface area contributed by atoms with Gasteiger partial charge in [-0.1, -0.05) is 6.92 Å². The van der Waals surface area contributed by atoms with Gasteiger partial charge in [0.15, 0.2) is 0 Å². The number of rotatable bonds is 3. The Morgan fingerprint density at radius 3 is 2.67 bits per heavy atom. The van der Waals surface area contributed by atoms with Crippen LogP contribution in [0, 0.1) is 11.8 Å². The molecule has 2 fully saturated rings. The molecule has 0 aromatic heterocycles. The van der Waals surface area contributed by atoms with Gasteiger partial charge in [-0.15, -0.1) is 0 Å². The Kier molecular flexibility index (Phi) is 4.00. The number of likely N-dealkylation sites (tertiary alicyclic amines) is 1. The first kappa shape index (κ1) is 11.4. The van der Waals surface area contributed by atoms with E-state index in [0.29, 0.717) is 18.6 Å². The number of hydrogen-bond acceptors (Lipinski definition) is 3. The number of hydrogen-bond donors (Lipinski definition) is 1. The van der Waals surface area contributed by atoms with Gasteiger partial charge in [-0.05, 0) is 37.6 Å². The van der Waals surface area contributed by atoms with Crippen LogP contribution in [0.2, 0.25) is 0 Å². The molecule has 2 saturated heterocycles. The van der Waals surface area contributed by atoms with Gasteiger partial charge in [-0.2, -0.15) is 0 Å². The quantitative estimate of drug-likeness (QED) is 0.762. The average molecular weight is 213 g/mol. The highest BCUT2D eigenvalue weighted by Gasteiger charge is 2.31. The third kappa shape index (κ3) is 2.71. The molecular formula is C12H23NO2. The Labute approximate surface area is 92.4 Å². The summed E-state index contributed by atoms with van der Waals surface area (Å²) in [6, 6.07) is 0.410. The molecule has 2 aliphatic heterocycles. The summed E-state index contributed by atoms with van der Waals surface area (Å²) in [7, 11) is 0. The minimum atomic E-state index is 0.324. The van der Waals surface area contributed by atoms with Crippen LogP contribution in [-0.2, 0) is 4.74 Å². The summed E-state index contributed by atoms with van der Waals surface area (Å²) in [4.78, 5) is 2.49. The van der Waals surface area contributed by atoms with Crippen LogP contribution >= 0.6 is 0 Å². The van der Waals surface area contributed by atoms with Crippen molar-refractivity contribution in [1.29, 1.82) is 0 Å². The highest BCUT2D eigenvalue weighted by Crippen LogP contribution is 2.26. The van der Waals surface area contributed by atoms with E-state index in [0.717, 1.165) is 19.1 Å². The Morgan fingerprint density at radius 2 is 2.00 bits per heavy atom. The van der Waals surface area contributed by atoms with E-state index in [9.17, 15) is 5.11 Å². The van der Waals surface area contributed by atoms with E-state index in [1.807, 2.05) is 0 Å². The standard InChI is InChI=1S/C12H23NO2/c1-10-2-5-13(12(10)9-14)8-11-3-6-15-7-4-11/h10-12,14H,2-9H2,1H3. The fourth-order valence-electron chi connectivity index (χ4n) is 2.87. The first-order valence-electron chi connectivity index (χ1n) is 6.24. The van der Waals surface area contributed by atoms with E-state index in [4.69, 9.17) is 4.74 Å². The van der Waals surface area contributed by atoms with Crippen LogP contribution in [0.5, 0.6) is 0 Å². The first-order valence-corrected chi connectivity index (χ1v) is 6.24. The molecule has 2 heterocycles. The van der Waals surface area contributed by atoms with Crippen molar-refractivity contribution in [2.45, 2.75) is 32.2 Å². The van der Waals surface area contributed by atoms with Gasteiger partial charge in [0, 0.05) is 25.8 Å². The fourth-order valence-corrected chi connectivity index (χ4v) is 2.87. The maximum absolute atomic E-state index is 9.37. The fraction of sp³-hybridized carbons (Fsp3) is 1.00. The van der Waals surface area contributed by atoms with Crippen LogP contribution < -0.4 is 0 Å². The van der Waals surface area contributed by atoms with Crippen LogP contribution in [-0.4, -0.2) is 49.0 Å². The molecule has 0 aromatic rings. The van der Waals surface area contributed by atoms with Crippen molar-refractivity contribution in [2.75, 3.05) is 32.9 Å². The van der Waals surface area contributed by atoms with Gasteiger partial charge in [0.2, 0.25) is 0 Å². The van der Waals surface area contributed by atoms with Crippen molar-refractivity contribution >= 4 is 0 Å². The summed E-state index contributed by atoms with van der Waals surface area (Å²) in [5, 5.41) is 9.37. The summed E-state index contributed by atoms with van der Waals surface area (Å²) >= 11 is 0. The highest BCUT2D eigenvalue weighted by atomic mass is 16.5. The maximum atomic E-state index is 9.37. The highest BCUT2D eigenvalue weighted by molar-refractivity contribution is 4.85. The molecule has 0 saturated carbocycles. The first-order chi connectivity index (χ1) is 7.31. The average Bonchev–Trinajstić information content (AvgIpc) is 2.61. The van der Waals surface area contributed by atoms with E-state index in [1.165, 1.54) is 32.4 Å². The second kappa shape index (κ2) is 5.28. The van der Waals surface area contributed by atoms with Crippen LogP contribution in [0.25, 0.3) is 0 Å². The van der Waals surface area contributed by atoms with Crippen LogP contribution in [0.4, 0.5) is 0 Å². The lowest BCUT2D eigenvalue weighted by Gasteiger charge is -2.31. The van der Waals surface area contributed by atoms with Crippen molar-refractivity contribution in [2.24, 2.45) is 11.8 Å². The molecule has 2 atom stereocenters. The summed E-state index contributed by atoms with van der Waals surface area (Å²) < 4.78 is 5.37. The Hall–Kier alpha value is -0.120. The van der Waals surface area contributed by atoms with Gasteiger partial charge in [-0.25, -0.2) is 0 Å². The molecule has 0 radical (unpaired) electrons. The molecule has 2 aliphatic rings. The van der Waals surface area contributed by atoms with Crippen molar-refractivity contribution in [1.82, 2.24) is 4.90 Å². The lowest BCUT2D eigenvalue weighted by molar-refractivity contribution is 0.0434. The topological polar surface area (TPSA) is 32.7 Å². The van der Waals surface area contributed by atoms with Gasteiger partial charge in [0.05, 0.1) is 6.61 Å². The molecule has 2 rings (SSSR count). The third-order valence-electron chi connectivity index (χ3n) is 4.02. The lowest BCUT2D eigenvalue weighted by Crippen LogP contribution is -2.39. The van der Waals surface area contributed by atoms with Crippen LogP contribution in [0.3, 0.4) is 0 Å². The van der Waals surface area contributed by atoms with Gasteiger partial charge < -0.3 is 9.84 Å². The van der Waals surface area contributed by atoms with Gasteiger partial charge in [0.25, 0.3) is 0 Å². The van der Waals surface area contributed by atoms with E-state index >= 15 is 0 Å². The molecule has 2 unspecified atom stereocenters.